The zero-order valence-electron chi connectivity index (χ0n) is 11.3. The first kappa shape index (κ1) is 15.0. The molecule has 1 rings (SSSR count). The SMILES string of the molecule is CCCC(=O)N(CCC(=O)OC)CC1CCCO1. The number of nitrogens with zero attached hydrogens (tertiary/aromatic N) is 1. The number of hydrogen-bond acceptors (Lipinski definition) is 4. The molecule has 104 valence electrons. The number of methoxy groups -OCH3 is 1. The van der Waals surface area contributed by atoms with Gasteiger partial charge < -0.3 is 14.4 Å². The highest BCUT2D eigenvalue weighted by atomic mass is 16.5. The summed E-state index contributed by atoms with van der Waals surface area (Å²) < 4.78 is 10.1. The van der Waals surface area contributed by atoms with Crippen molar-refractivity contribution in [2.75, 3.05) is 26.8 Å². The van der Waals surface area contributed by atoms with Crippen molar-refractivity contribution in [2.24, 2.45) is 0 Å². The van der Waals surface area contributed by atoms with E-state index in [-0.39, 0.29) is 24.4 Å². The molecule has 0 aromatic carbocycles. The molecule has 0 bridgehead atoms. The van der Waals surface area contributed by atoms with E-state index in [0.29, 0.717) is 19.5 Å². The topological polar surface area (TPSA) is 55.8 Å². The van der Waals surface area contributed by atoms with Gasteiger partial charge in [-0.2, -0.15) is 0 Å². The minimum absolute atomic E-state index is 0.0944. The van der Waals surface area contributed by atoms with Crippen molar-refractivity contribution in [1.82, 2.24) is 4.90 Å². The molecule has 1 aliphatic rings. The Morgan fingerprint density at radius 3 is 2.72 bits per heavy atom. The van der Waals surface area contributed by atoms with E-state index in [4.69, 9.17) is 4.74 Å². The molecule has 18 heavy (non-hydrogen) atoms. The van der Waals surface area contributed by atoms with Gasteiger partial charge in [0.15, 0.2) is 0 Å². The first-order valence-corrected chi connectivity index (χ1v) is 6.63. The lowest BCUT2D eigenvalue weighted by Crippen LogP contribution is -2.38. The lowest BCUT2D eigenvalue weighted by molar-refractivity contribution is -0.142. The molecule has 1 saturated heterocycles. The van der Waals surface area contributed by atoms with Crippen molar-refractivity contribution >= 4 is 11.9 Å². The molecule has 1 heterocycles. The first-order chi connectivity index (χ1) is 8.67. The largest absolute Gasteiger partial charge is 0.469 e. The van der Waals surface area contributed by atoms with Crippen molar-refractivity contribution in [3.05, 3.63) is 0 Å². The Morgan fingerprint density at radius 1 is 1.39 bits per heavy atom. The van der Waals surface area contributed by atoms with Crippen LogP contribution in [-0.2, 0) is 19.1 Å². The molecule has 0 aliphatic carbocycles. The average molecular weight is 257 g/mol. The van der Waals surface area contributed by atoms with Gasteiger partial charge in [-0.05, 0) is 19.3 Å². The molecule has 1 atom stereocenters. The van der Waals surface area contributed by atoms with Gasteiger partial charge in [-0.1, -0.05) is 6.92 Å². The maximum atomic E-state index is 12.0. The third kappa shape index (κ3) is 5.04. The molecule has 0 spiro atoms. The molecule has 1 unspecified atom stereocenters. The number of ether oxygens (including phenoxy) is 2. The van der Waals surface area contributed by atoms with E-state index in [1.807, 2.05) is 6.92 Å². The summed E-state index contributed by atoms with van der Waals surface area (Å²) in [5.41, 5.74) is 0. The van der Waals surface area contributed by atoms with E-state index in [1.165, 1.54) is 7.11 Å². The molecule has 0 aromatic rings. The van der Waals surface area contributed by atoms with Crippen LogP contribution >= 0.6 is 0 Å². The zero-order valence-corrected chi connectivity index (χ0v) is 11.3. The van der Waals surface area contributed by atoms with Crippen molar-refractivity contribution in [2.45, 2.75) is 45.1 Å². The van der Waals surface area contributed by atoms with Crippen LogP contribution in [0.15, 0.2) is 0 Å². The van der Waals surface area contributed by atoms with Crippen LogP contribution in [0.5, 0.6) is 0 Å². The van der Waals surface area contributed by atoms with Crippen LogP contribution in [0.1, 0.15) is 39.0 Å². The van der Waals surface area contributed by atoms with Gasteiger partial charge in [-0.25, -0.2) is 0 Å². The maximum Gasteiger partial charge on any atom is 0.307 e. The van der Waals surface area contributed by atoms with Gasteiger partial charge in [-0.3, -0.25) is 9.59 Å². The van der Waals surface area contributed by atoms with E-state index in [0.717, 1.165) is 25.9 Å². The van der Waals surface area contributed by atoms with Crippen LogP contribution in [0.4, 0.5) is 0 Å². The average Bonchev–Trinajstić information content (AvgIpc) is 2.87. The van der Waals surface area contributed by atoms with Crippen LogP contribution in [-0.4, -0.2) is 49.7 Å². The van der Waals surface area contributed by atoms with Gasteiger partial charge in [0.2, 0.25) is 5.91 Å². The third-order valence-electron chi connectivity index (χ3n) is 3.08. The summed E-state index contributed by atoms with van der Waals surface area (Å²) in [7, 11) is 1.36. The Morgan fingerprint density at radius 2 is 2.17 bits per heavy atom. The predicted molar refractivity (Wildman–Crippen MR) is 67.1 cm³/mol. The Kier molecular flexibility index (Phi) is 6.72. The fraction of sp³-hybridized carbons (Fsp3) is 0.846. The standard InChI is InChI=1S/C13H23NO4/c1-3-5-12(15)14(8-7-13(16)17-2)10-11-6-4-9-18-11/h11H,3-10H2,1-2H3. The zero-order chi connectivity index (χ0) is 13.4. The number of rotatable bonds is 7. The summed E-state index contributed by atoms with van der Waals surface area (Å²) in [6.45, 7) is 3.77. The van der Waals surface area contributed by atoms with Gasteiger partial charge in [0, 0.05) is 26.1 Å². The van der Waals surface area contributed by atoms with E-state index in [1.54, 1.807) is 4.90 Å². The minimum atomic E-state index is -0.281. The monoisotopic (exact) mass is 257 g/mol. The molecule has 5 heteroatoms. The number of amides is 1. The maximum absolute atomic E-state index is 12.0. The Labute approximate surface area is 108 Å². The summed E-state index contributed by atoms with van der Waals surface area (Å²) in [5.74, 6) is -0.187. The highest BCUT2D eigenvalue weighted by molar-refractivity contribution is 5.77. The van der Waals surface area contributed by atoms with E-state index in [2.05, 4.69) is 4.74 Å². The molecule has 0 N–H and O–H groups in total. The van der Waals surface area contributed by atoms with E-state index >= 15 is 0 Å². The summed E-state index contributed by atoms with van der Waals surface area (Å²) >= 11 is 0. The lowest BCUT2D eigenvalue weighted by atomic mass is 10.2. The molecule has 0 aromatic heterocycles. The van der Waals surface area contributed by atoms with Gasteiger partial charge in [0.05, 0.1) is 19.6 Å². The van der Waals surface area contributed by atoms with Crippen LogP contribution in [0.25, 0.3) is 0 Å². The number of hydrogen-bond donors (Lipinski definition) is 0. The number of carbonyl (C=O) groups excluding carboxylic acids is 2. The van der Waals surface area contributed by atoms with Gasteiger partial charge in [-0.15, -0.1) is 0 Å². The normalized spacial score (nSPS) is 18.7. The summed E-state index contributed by atoms with van der Waals surface area (Å²) in [6, 6.07) is 0. The predicted octanol–water partition coefficient (Wildman–Crippen LogP) is 1.36. The van der Waals surface area contributed by atoms with Crippen molar-refractivity contribution in [3.63, 3.8) is 0 Å². The van der Waals surface area contributed by atoms with Crippen molar-refractivity contribution in [3.8, 4) is 0 Å². The highest BCUT2D eigenvalue weighted by Crippen LogP contribution is 2.14. The third-order valence-corrected chi connectivity index (χ3v) is 3.08. The lowest BCUT2D eigenvalue weighted by Gasteiger charge is -2.25. The van der Waals surface area contributed by atoms with Gasteiger partial charge in [0.25, 0.3) is 0 Å². The smallest absolute Gasteiger partial charge is 0.307 e. The molecule has 0 saturated carbocycles. The van der Waals surface area contributed by atoms with Crippen molar-refractivity contribution in [1.29, 1.82) is 0 Å². The molecular formula is C13H23NO4. The second-order valence-corrected chi connectivity index (χ2v) is 4.55. The molecular weight excluding hydrogens is 234 g/mol. The summed E-state index contributed by atoms with van der Waals surface area (Å²) in [6.07, 6.45) is 3.76. The first-order valence-electron chi connectivity index (χ1n) is 6.63. The van der Waals surface area contributed by atoms with Crippen LogP contribution in [0.3, 0.4) is 0 Å². The fourth-order valence-electron chi connectivity index (χ4n) is 2.05. The second kappa shape index (κ2) is 8.08. The van der Waals surface area contributed by atoms with Crippen LogP contribution in [0.2, 0.25) is 0 Å². The molecule has 1 aliphatic heterocycles. The summed E-state index contributed by atoms with van der Waals surface area (Å²) in [5, 5.41) is 0. The van der Waals surface area contributed by atoms with E-state index in [9.17, 15) is 9.59 Å². The van der Waals surface area contributed by atoms with Gasteiger partial charge >= 0.3 is 5.97 Å². The van der Waals surface area contributed by atoms with E-state index < -0.39 is 0 Å². The van der Waals surface area contributed by atoms with Crippen LogP contribution in [0, 0.1) is 0 Å². The Hall–Kier alpha value is -1.10. The molecule has 1 amide bonds. The summed E-state index contributed by atoms with van der Waals surface area (Å²) in [4.78, 5) is 24.8. The Balaban J connectivity index is 2.44. The van der Waals surface area contributed by atoms with Crippen molar-refractivity contribution < 1.29 is 19.1 Å². The Bertz CT molecular complexity index is 274. The molecule has 5 nitrogen and oxygen atoms in total. The van der Waals surface area contributed by atoms with Crippen LogP contribution < -0.4 is 0 Å². The number of carbonyl (C=O) groups is 2. The highest BCUT2D eigenvalue weighted by Gasteiger charge is 2.22. The minimum Gasteiger partial charge on any atom is -0.469 e. The number of esters is 1. The molecule has 1 fully saturated rings. The molecule has 0 radical (unpaired) electrons. The fourth-order valence-corrected chi connectivity index (χ4v) is 2.05. The second-order valence-electron chi connectivity index (χ2n) is 4.55. The quantitative estimate of drug-likeness (QED) is 0.646. The van der Waals surface area contributed by atoms with Gasteiger partial charge in [0.1, 0.15) is 0 Å².